The van der Waals surface area contributed by atoms with Crippen LogP contribution in [0.15, 0.2) is 36.9 Å². The van der Waals surface area contributed by atoms with E-state index in [4.69, 9.17) is 4.74 Å². The number of rotatable bonds is 6. The van der Waals surface area contributed by atoms with Crippen LogP contribution >= 0.6 is 0 Å². The Labute approximate surface area is 97.3 Å². The van der Waals surface area contributed by atoms with E-state index in [2.05, 4.69) is 31.0 Å². The lowest BCUT2D eigenvalue weighted by molar-refractivity contribution is 0.363. The summed E-state index contributed by atoms with van der Waals surface area (Å²) in [6.45, 7) is 7.40. The number of hydrogen-bond donors (Lipinski definition) is 1. The fraction of sp³-hybridized carbons (Fsp3) is 0.429. The molecular weight excluding hydrogens is 198 g/mol. The van der Waals surface area contributed by atoms with E-state index >= 15 is 0 Å². The largest absolute Gasteiger partial charge is 0.490 e. The second-order valence-electron chi connectivity index (χ2n) is 4.66. The standard InChI is InChI=1S/C14H19NO/c1-3-10-16-13-6-4-12(5-7-13)11-15-14(2)8-9-14/h3-7,15H,1,8-11H2,2H3. The van der Waals surface area contributed by atoms with E-state index in [9.17, 15) is 0 Å². The zero-order valence-corrected chi connectivity index (χ0v) is 9.83. The minimum Gasteiger partial charge on any atom is -0.490 e. The highest BCUT2D eigenvalue weighted by molar-refractivity contribution is 5.27. The molecule has 0 saturated heterocycles. The summed E-state index contributed by atoms with van der Waals surface area (Å²) < 4.78 is 5.43. The van der Waals surface area contributed by atoms with Gasteiger partial charge in [0.1, 0.15) is 12.4 Å². The molecule has 1 aliphatic carbocycles. The van der Waals surface area contributed by atoms with Crippen LogP contribution in [0.1, 0.15) is 25.3 Å². The van der Waals surface area contributed by atoms with Gasteiger partial charge in [0.2, 0.25) is 0 Å². The van der Waals surface area contributed by atoms with Gasteiger partial charge in [-0.05, 0) is 37.5 Å². The lowest BCUT2D eigenvalue weighted by Crippen LogP contribution is -2.26. The quantitative estimate of drug-likeness (QED) is 0.740. The third-order valence-corrected chi connectivity index (χ3v) is 3.01. The molecule has 2 heteroatoms. The van der Waals surface area contributed by atoms with Gasteiger partial charge in [-0.1, -0.05) is 24.8 Å². The molecule has 0 bridgehead atoms. The lowest BCUT2D eigenvalue weighted by Gasteiger charge is -2.11. The maximum absolute atomic E-state index is 5.43. The predicted octanol–water partition coefficient (Wildman–Crippen LogP) is 2.89. The van der Waals surface area contributed by atoms with Crippen molar-refractivity contribution in [3.05, 3.63) is 42.5 Å². The molecule has 2 rings (SSSR count). The third kappa shape index (κ3) is 3.11. The Hall–Kier alpha value is -1.28. The summed E-state index contributed by atoms with van der Waals surface area (Å²) in [6, 6.07) is 8.24. The van der Waals surface area contributed by atoms with Crippen LogP contribution in [0.5, 0.6) is 5.75 Å². The van der Waals surface area contributed by atoms with Gasteiger partial charge in [0.05, 0.1) is 0 Å². The molecule has 0 heterocycles. The SMILES string of the molecule is C=CCOc1ccc(CNC2(C)CC2)cc1. The number of hydrogen-bond acceptors (Lipinski definition) is 2. The first kappa shape index (κ1) is 11.2. The highest BCUT2D eigenvalue weighted by Gasteiger charge is 2.36. The highest BCUT2D eigenvalue weighted by Crippen LogP contribution is 2.34. The summed E-state index contributed by atoms with van der Waals surface area (Å²) in [5, 5.41) is 3.55. The first-order valence-corrected chi connectivity index (χ1v) is 5.79. The first-order chi connectivity index (χ1) is 7.72. The summed E-state index contributed by atoms with van der Waals surface area (Å²) in [6.07, 6.45) is 4.35. The van der Waals surface area contributed by atoms with Gasteiger partial charge in [-0.3, -0.25) is 0 Å². The normalized spacial score (nSPS) is 16.8. The molecule has 0 aliphatic heterocycles. The van der Waals surface area contributed by atoms with E-state index in [1.165, 1.54) is 18.4 Å². The summed E-state index contributed by atoms with van der Waals surface area (Å²) in [5.74, 6) is 0.904. The topological polar surface area (TPSA) is 21.3 Å². The molecule has 0 spiro atoms. The summed E-state index contributed by atoms with van der Waals surface area (Å²) in [7, 11) is 0. The first-order valence-electron chi connectivity index (χ1n) is 5.79. The van der Waals surface area contributed by atoms with Crippen LogP contribution < -0.4 is 10.1 Å². The monoisotopic (exact) mass is 217 g/mol. The smallest absolute Gasteiger partial charge is 0.119 e. The molecule has 16 heavy (non-hydrogen) atoms. The van der Waals surface area contributed by atoms with E-state index in [0.29, 0.717) is 12.1 Å². The van der Waals surface area contributed by atoms with Gasteiger partial charge in [0.25, 0.3) is 0 Å². The van der Waals surface area contributed by atoms with Crippen molar-refractivity contribution in [3.8, 4) is 5.75 Å². The second kappa shape index (κ2) is 4.71. The van der Waals surface area contributed by atoms with E-state index in [-0.39, 0.29) is 0 Å². The van der Waals surface area contributed by atoms with Crippen molar-refractivity contribution in [1.29, 1.82) is 0 Å². The van der Waals surface area contributed by atoms with E-state index < -0.39 is 0 Å². The van der Waals surface area contributed by atoms with Crippen LogP contribution in [0.25, 0.3) is 0 Å². The van der Waals surface area contributed by atoms with Crippen molar-refractivity contribution in [2.75, 3.05) is 6.61 Å². The van der Waals surface area contributed by atoms with Crippen molar-refractivity contribution in [2.24, 2.45) is 0 Å². The fourth-order valence-corrected chi connectivity index (χ4v) is 1.54. The van der Waals surface area contributed by atoms with Crippen molar-refractivity contribution >= 4 is 0 Å². The molecule has 2 nitrogen and oxygen atoms in total. The molecule has 0 aromatic heterocycles. The second-order valence-corrected chi connectivity index (χ2v) is 4.66. The Morgan fingerprint density at radius 1 is 1.38 bits per heavy atom. The zero-order valence-electron chi connectivity index (χ0n) is 9.83. The minimum atomic E-state index is 0.401. The fourth-order valence-electron chi connectivity index (χ4n) is 1.54. The lowest BCUT2D eigenvalue weighted by atomic mass is 10.2. The Kier molecular flexibility index (Phi) is 3.30. The molecule has 0 radical (unpaired) electrons. The molecule has 0 amide bonds. The molecule has 0 unspecified atom stereocenters. The van der Waals surface area contributed by atoms with Crippen LogP contribution in [0.2, 0.25) is 0 Å². The van der Waals surface area contributed by atoms with Gasteiger partial charge in [0, 0.05) is 12.1 Å². The van der Waals surface area contributed by atoms with Crippen molar-refractivity contribution < 1.29 is 4.74 Å². The average molecular weight is 217 g/mol. The number of ether oxygens (including phenoxy) is 1. The maximum atomic E-state index is 5.43. The van der Waals surface area contributed by atoms with Gasteiger partial charge in [-0.2, -0.15) is 0 Å². The summed E-state index contributed by atoms with van der Waals surface area (Å²) in [5.41, 5.74) is 1.71. The summed E-state index contributed by atoms with van der Waals surface area (Å²) >= 11 is 0. The Morgan fingerprint density at radius 2 is 2.06 bits per heavy atom. The van der Waals surface area contributed by atoms with Gasteiger partial charge in [0.15, 0.2) is 0 Å². The molecule has 1 aromatic carbocycles. The van der Waals surface area contributed by atoms with Gasteiger partial charge in [-0.25, -0.2) is 0 Å². The van der Waals surface area contributed by atoms with Crippen LogP contribution in [-0.2, 0) is 6.54 Å². The van der Waals surface area contributed by atoms with Gasteiger partial charge < -0.3 is 10.1 Å². The molecule has 1 saturated carbocycles. The molecule has 1 aliphatic rings. The highest BCUT2D eigenvalue weighted by atomic mass is 16.5. The van der Waals surface area contributed by atoms with Crippen molar-refractivity contribution in [3.63, 3.8) is 0 Å². The molecule has 0 atom stereocenters. The van der Waals surface area contributed by atoms with Crippen LogP contribution in [0.3, 0.4) is 0 Å². The van der Waals surface area contributed by atoms with Crippen molar-refractivity contribution in [1.82, 2.24) is 5.32 Å². The molecule has 1 N–H and O–H groups in total. The van der Waals surface area contributed by atoms with E-state index in [1.807, 2.05) is 12.1 Å². The Morgan fingerprint density at radius 3 is 2.62 bits per heavy atom. The maximum Gasteiger partial charge on any atom is 0.119 e. The molecule has 1 fully saturated rings. The predicted molar refractivity (Wildman–Crippen MR) is 66.6 cm³/mol. The molecule has 86 valence electrons. The van der Waals surface area contributed by atoms with E-state index in [0.717, 1.165) is 12.3 Å². The van der Waals surface area contributed by atoms with Crippen molar-refractivity contribution in [2.45, 2.75) is 31.8 Å². The van der Waals surface area contributed by atoms with Crippen LogP contribution in [-0.4, -0.2) is 12.1 Å². The Bertz CT molecular complexity index is 352. The van der Waals surface area contributed by atoms with E-state index in [1.54, 1.807) is 6.08 Å². The van der Waals surface area contributed by atoms with Crippen LogP contribution in [0, 0.1) is 0 Å². The average Bonchev–Trinajstić information content (AvgIpc) is 3.04. The Balaban J connectivity index is 1.83. The molecule has 1 aromatic rings. The van der Waals surface area contributed by atoms with Crippen LogP contribution in [0.4, 0.5) is 0 Å². The van der Waals surface area contributed by atoms with Gasteiger partial charge >= 0.3 is 0 Å². The number of benzene rings is 1. The summed E-state index contributed by atoms with van der Waals surface area (Å²) in [4.78, 5) is 0. The van der Waals surface area contributed by atoms with Gasteiger partial charge in [-0.15, -0.1) is 0 Å². The number of nitrogens with one attached hydrogen (secondary N) is 1. The zero-order chi connectivity index (χ0) is 11.4. The third-order valence-electron chi connectivity index (χ3n) is 3.01. The molecular formula is C14H19NO. The minimum absolute atomic E-state index is 0.401.